The van der Waals surface area contributed by atoms with E-state index in [2.05, 4.69) is 6.92 Å². The summed E-state index contributed by atoms with van der Waals surface area (Å²) in [5, 5.41) is 0. The Morgan fingerprint density at radius 2 is 1.50 bits per heavy atom. The molecule has 1 aliphatic heterocycles. The molecule has 1 fully saturated rings. The quantitative estimate of drug-likeness (QED) is 0.425. The topological polar surface area (TPSA) is 97.4 Å². The lowest BCUT2D eigenvalue weighted by Crippen LogP contribution is -2.49. The number of carbonyl (C=O) groups excluding carboxylic acids is 3. The van der Waals surface area contributed by atoms with E-state index in [1.54, 1.807) is 0 Å². The molecular formula is C15H26O8Si. The Labute approximate surface area is 143 Å². The van der Waals surface area contributed by atoms with Crippen LogP contribution in [-0.4, -0.2) is 53.1 Å². The maximum Gasteiger partial charge on any atom is 0.705 e. The summed E-state index contributed by atoms with van der Waals surface area (Å²) in [6, 6.07) is 0.126. The molecule has 1 rings (SSSR count). The van der Waals surface area contributed by atoms with Gasteiger partial charge in [0.2, 0.25) is 0 Å². The van der Waals surface area contributed by atoms with Crippen LogP contribution >= 0.6 is 0 Å². The van der Waals surface area contributed by atoms with Gasteiger partial charge in [0, 0.05) is 32.8 Å². The van der Waals surface area contributed by atoms with Crippen LogP contribution < -0.4 is 0 Å². The first-order chi connectivity index (χ1) is 11.2. The molecule has 0 atom stereocenters. The SMILES string of the molecule is CCC1(COCCC[Si](OC(C)=O)(OC(C)=O)OC(C)=O)COC1. The van der Waals surface area contributed by atoms with Crippen LogP contribution in [0, 0.1) is 5.41 Å². The van der Waals surface area contributed by atoms with Gasteiger partial charge in [0.05, 0.1) is 25.9 Å². The maximum atomic E-state index is 11.3. The third kappa shape index (κ3) is 6.58. The van der Waals surface area contributed by atoms with Gasteiger partial charge in [-0.3, -0.25) is 14.4 Å². The highest BCUT2D eigenvalue weighted by Gasteiger charge is 2.51. The number of ether oxygens (including phenoxy) is 2. The number of carbonyl (C=O) groups is 3. The van der Waals surface area contributed by atoms with Gasteiger partial charge in [0.1, 0.15) is 0 Å². The summed E-state index contributed by atoms with van der Waals surface area (Å²) >= 11 is 0. The van der Waals surface area contributed by atoms with Gasteiger partial charge in [-0.1, -0.05) is 6.92 Å². The van der Waals surface area contributed by atoms with Crippen molar-refractivity contribution < 1.29 is 37.1 Å². The zero-order valence-corrected chi connectivity index (χ0v) is 15.7. The van der Waals surface area contributed by atoms with Crippen molar-refractivity contribution in [2.24, 2.45) is 5.41 Å². The molecule has 24 heavy (non-hydrogen) atoms. The highest BCUT2D eigenvalue weighted by Crippen LogP contribution is 2.31. The Bertz CT molecular complexity index is 414. The van der Waals surface area contributed by atoms with E-state index < -0.39 is 26.7 Å². The molecule has 1 saturated heterocycles. The van der Waals surface area contributed by atoms with Gasteiger partial charge in [-0.15, -0.1) is 0 Å². The van der Waals surface area contributed by atoms with Crippen LogP contribution in [0.25, 0.3) is 0 Å². The summed E-state index contributed by atoms with van der Waals surface area (Å²) in [7, 11) is -3.74. The Balaban J connectivity index is 2.54. The lowest BCUT2D eigenvalue weighted by atomic mass is 9.84. The standard InChI is InChI=1S/C15H26O8Si/c1-5-15(10-20-11-15)9-19-7-6-8-24(21-12(2)16,22-13(3)17)23-14(4)18/h5-11H2,1-4H3. The van der Waals surface area contributed by atoms with Crippen molar-refractivity contribution in [1.82, 2.24) is 0 Å². The van der Waals surface area contributed by atoms with Crippen LogP contribution in [0.3, 0.4) is 0 Å². The average Bonchev–Trinajstić information content (AvgIpc) is 2.38. The van der Waals surface area contributed by atoms with Crippen molar-refractivity contribution in [2.75, 3.05) is 26.4 Å². The van der Waals surface area contributed by atoms with Gasteiger partial charge in [-0.2, -0.15) is 0 Å². The van der Waals surface area contributed by atoms with Crippen LogP contribution in [0.1, 0.15) is 40.5 Å². The number of rotatable bonds is 10. The maximum absolute atomic E-state index is 11.3. The fourth-order valence-electron chi connectivity index (χ4n) is 2.33. The van der Waals surface area contributed by atoms with Gasteiger partial charge in [-0.25, -0.2) is 0 Å². The molecule has 0 unspecified atom stereocenters. The highest BCUT2D eigenvalue weighted by molar-refractivity contribution is 6.65. The minimum Gasteiger partial charge on any atom is -0.455 e. The van der Waals surface area contributed by atoms with Crippen molar-refractivity contribution in [3.63, 3.8) is 0 Å². The van der Waals surface area contributed by atoms with Gasteiger partial charge in [0.25, 0.3) is 17.9 Å². The van der Waals surface area contributed by atoms with Crippen LogP contribution in [-0.2, 0) is 37.1 Å². The second kappa shape index (κ2) is 9.14. The lowest BCUT2D eigenvalue weighted by Gasteiger charge is -2.40. The summed E-state index contributed by atoms with van der Waals surface area (Å²) in [5.74, 6) is -2.00. The first-order valence-corrected chi connectivity index (χ1v) is 9.90. The predicted molar refractivity (Wildman–Crippen MR) is 84.8 cm³/mol. The molecule has 0 aromatic rings. The van der Waals surface area contributed by atoms with E-state index in [0.29, 0.717) is 32.8 Å². The molecule has 0 saturated carbocycles. The molecule has 8 nitrogen and oxygen atoms in total. The third-order valence-electron chi connectivity index (χ3n) is 3.64. The molecule has 138 valence electrons. The van der Waals surface area contributed by atoms with E-state index in [-0.39, 0.29) is 11.5 Å². The minimum atomic E-state index is -3.74. The lowest BCUT2D eigenvalue weighted by molar-refractivity contribution is -0.151. The fraction of sp³-hybridized carbons (Fsp3) is 0.800. The Morgan fingerprint density at radius 1 is 1.00 bits per heavy atom. The van der Waals surface area contributed by atoms with Crippen molar-refractivity contribution >= 4 is 26.7 Å². The molecule has 0 N–H and O–H groups in total. The van der Waals surface area contributed by atoms with Gasteiger partial charge < -0.3 is 22.8 Å². The summed E-state index contributed by atoms with van der Waals surface area (Å²) in [4.78, 5) is 33.9. The van der Waals surface area contributed by atoms with Crippen molar-refractivity contribution in [3.8, 4) is 0 Å². The van der Waals surface area contributed by atoms with Crippen molar-refractivity contribution in [1.29, 1.82) is 0 Å². The van der Waals surface area contributed by atoms with Crippen molar-refractivity contribution in [2.45, 2.75) is 46.6 Å². The Morgan fingerprint density at radius 3 is 1.83 bits per heavy atom. The molecule has 0 bridgehead atoms. The van der Waals surface area contributed by atoms with Gasteiger partial charge >= 0.3 is 8.80 Å². The van der Waals surface area contributed by atoms with Gasteiger partial charge in [-0.05, 0) is 12.8 Å². The largest absolute Gasteiger partial charge is 0.705 e. The molecule has 0 aromatic carbocycles. The fourth-order valence-corrected chi connectivity index (χ4v) is 4.65. The summed E-state index contributed by atoms with van der Waals surface area (Å²) in [6.07, 6.45) is 1.40. The molecule has 0 spiro atoms. The van der Waals surface area contributed by atoms with E-state index in [1.807, 2.05) is 0 Å². The molecule has 0 aromatic heterocycles. The molecular weight excluding hydrogens is 336 g/mol. The molecule has 1 aliphatic rings. The van der Waals surface area contributed by atoms with Crippen LogP contribution in [0.15, 0.2) is 0 Å². The van der Waals surface area contributed by atoms with E-state index in [4.69, 9.17) is 22.8 Å². The average molecular weight is 362 g/mol. The summed E-state index contributed by atoms with van der Waals surface area (Å²) < 4.78 is 26.2. The summed E-state index contributed by atoms with van der Waals surface area (Å²) in [6.45, 7) is 7.94. The van der Waals surface area contributed by atoms with Crippen LogP contribution in [0.4, 0.5) is 0 Å². The monoisotopic (exact) mass is 362 g/mol. The smallest absolute Gasteiger partial charge is 0.455 e. The third-order valence-corrected chi connectivity index (χ3v) is 6.41. The molecule has 1 heterocycles. The van der Waals surface area contributed by atoms with E-state index >= 15 is 0 Å². The number of hydrogen-bond acceptors (Lipinski definition) is 8. The van der Waals surface area contributed by atoms with Crippen LogP contribution in [0.5, 0.6) is 0 Å². The van der Waals surface area contributed by atoms with Gasteiger partial charge in [0.15, 0.2) is 0 Å². The Kier molecular flexibility index (Phi) is 7.84. The molecule has 0 aliphatic carbocycles. The molecule has 9 heteroatoms. The second-order valence-corrected chi connectivity index (χ2v) is 8.44. The van der Waals surface area contributed by atoms with E-state index in [0.717, 1.165) is 6.42 Å². The van der Waals surface area contributed by atoms with Crippen LogP contribution in [0.2, 0.25) is 6.04 Å². The summed E-state index contributed by atoms with van der Waals surface area (Å²) in [5.41, 5.74) is 0.0795. The van der Waals surface area contributed by atoms with Crippen molar-refractivity contribution in [3.05, 3.63) is 0 Å². The first kappa shape index (κ1) is 20.6. The normalized spacial score (nSPS) is 16.0. The first-order valence-electron chi connectivity index (χ1n) is 7.97. The molecule has 0 radical (unpaired) electrons. The van der Waals surface area contributed by atoms with E-state index in [1.165, 1.54) is 20.8 Å². The Hall–Kier alpha value is -1.45. The minimum absolute atomic E-state index is 0.0795. The van der Waals surface area contributed by atoms with E-state index in [9.17, 15) is 14.4 Å². The zero-order valence-electron chi connectivity index (χ0n) is 14.7. The highest BCUT2D eigenvalue weighted by atomic mass is 28.4. The number of hydrogen-bond donors (Lipinski definition) is 0. The zero-order chi connectivity index (χ0) is 18.2. The predicted octanol–water partition coefficient (Wildman–Crippen LogP) is 1.45. The second-order valence-electron chi connectivity index (χ2n) is 5.97. The molecule has 0 amide bonds.